The molecule has 2 aromatic rings. The maximum Gasteiger partial charge on any atom is 0.387 e. The van der Waals surface area contributed by atoms with Crippen LogP contribution in [0.4, 0.5) is 19.0 Å². The molecule has 0 radical (unpaired) electrons. The molecule has 1 aromatic carbocycles. The Morgan fingerprint density at radius 3 is 2.50 bits per heavy atom. The zero-order valence-electron chi connectivity index (χ0n) is 11.7. The molecule has 10 heteroatoms. The fourth-order valence-electron chi connectivity index (χ4n) is 2.39. The van der Waals surface area contributed by atoms with E-state index in [2.05, 4.69) is 4.74 Å². The number of nitrogen functional groups attached to an aromatic ring is 1. The number of alkyl halides is 2. The minimum Gasteiger partial charge on any atom is -0.433 e. The Hall–Kier alpha value is -3.30. The second kappa shape index (κ2) is 5.41. The summed E-state index contributed by atoms with van der Waals surface area (Å²) in [5.74, 6) is -3.53. The normalized spacial score (nSPS) is 13.2. The molecular weight excluding hydrogens is 331 g/mol. The SMILES string of the molecule is Nc1c2c(cc(=O)n1-c1cc(F)ccc1OC(F)F)C(=O)NC2=O. The Bertz CT molecular complexity index is 940. The number of nitrogens with zero attached hydrogens (tertiary/aromatic N) is 1. The summed E-state index contributed by atoms with van der Waals surface area (Å²) < 4.78 is 43.4. The van der Waals surface area contributed by atoms with E-state index in [-0.39, 0.29) is 11.1 Å². The van der Waals surface area contributed by atoms with Crippen LogP contribution >= 0.6 is 0 Å². The van der Waals surface area contributed by atoms with Gasteiger partial charge in [-0.3, -0.25) is 24.3 Å². The van der Waals surface area contributed by atoms with Crippen molar-refractivity contribution in [1.82, 2.24) is 9.88 Å². The molecule has 0 bridgehead atoms. The van der Waals surface area contributed by atoms with E-state index in [1.165, 1.54) is 0 Å². The lowest BCUT2D eigenvalue weighted by atomic mass is 10.1. The number of carbonyl (C=O) groups excluding carboxylic acids is 2. The number of carbonyl (C=O) groups is 2. The van der Waals surface area contributed by atoms with Crippen molar-refractivity contribution in [2.45, 2.75) is 6.61 Å². The van der Waals surface area contributed by atoms with E-state index in [1.807, 2.05) is 5.32 Å². The van der Waals surface area contributed by atoms with E-state index in [0.717, 1.165) is 24.3 Å². The minimum atomic E-state index is -3.23. The van der Waals surface area contributed by atoms with Crippen molar-refractivity contribution in [3.05, 3.63) is 51.6 Å². The van der Waals surface area contributed by atoms with Crippen LogP contribution in [0.1, 0.15) is 20.7 Å². The van der Waals surface area contributed by atoms with Crippen molar-refractivity contribution in [1.29, 1.82) is 0 Å². The first-order valence-corrected chi connectivity index (χ1v) is 6.45. The first-order chi connectivity index (χ1) is 11.3. The summed E-state index contributed by atoms with van der Waals surface area (Å²) in [5, 5.41) is 1.95. The molecule has 2 amide bonds. The van der Waals surface area contributed by atoms with Crippen molar-refractivity contribution in [3.63, 3.8) is 0 Å². The largest absolute Gasteiger partial charge is 0.433 e. The average molecular weight is 339 g/mol. The lowest BCUT2D eigenvalue weighted by Gasteiger charge is -2.16. The molecule has 0 aliphatic carbocycles. The Kier molecular flexibility index (Phi) is 3.51. The first kappa shape index (κ1) is 15.6. The fraction of sp³-hybridized carbons (Fsp3) is 0.0714. The van der Waals surface area contributed by atoms with E-state index < -0.39 is 47.1 Å². The molecule has 24 heavy (non-hydrogen) atoms. The number of halogens is 3. The smallest absolute Gasteiger partial charge is 0.387 e. The Morgan fingerprint density at radius 2 is 1.83 bits per heavy atom. The second-order valence-corrected chi connectivity index (χ2v) is 4.77. The highest BCUT2D eigenvalue weighted by Crippen LogP contribution is 2.29. The van der Waals surface area contributed by atoms with Gasteiger partial charge in [0.1, 0.15) is 17.4 Å². The lowest BCUT2D eigenvalue weighted by molar-refractivity contribution is -0.0499. The predicted octanol–water partition coefficient (Wildman–Crippen LogP) is 1.04. The van der Waals surface area contributed by atoms with Crippen LogP contribution in [0.2, 0.25) is 0 Å². The number of ether oxygens (including phenoxy) is 1. The summed E-state index contributed by atoms with van der Waals surface area (Å²) in [7, 11) is 0. The van der Waals surface area contributed by atoms with Crippen LogP contribution < -0.4 is 21.3 Å². The predicted molar refractivity (Wildman–Crippen MR) is 74.8 cm³/mol. The van der Waals surface area contributed by atoms with Crippen LogP contribution in [-0.4, -0.2) is 23.0 Å². The molecule has 1 aromatic heterocycles. The monoisotopic (exact) mass is 339 g/mol. The van der Waals surface area contributed by atoms with Gasteiger partial charge in [-0.05, 0) is 12.1 Å². The number of pyridine rings is 1. The van der Waals surface area contributed by atoms with Gasteiger partial charge >= 0.3 is 6.61 Å². The maximum atomic E-state index is 13.5. The summed E-state index contributed by atoms with van der Waals surface area (Å²) in [6, 6.07) is 3.30. The van der Waals surface area contributed by atoms with E-state index in [0.29, 0.717) is 4.57 Å². The topological polar surface area (TPSA) is 103 Å². The van der Waals surface area contributed by atoms with Crippen LogP contribution in [0, 0.1) is 5.82 Å². The number of imide groups is 1. The zero-order chi connectivity index (χ0) is 17.6. The molecule has 1 aliphatic heterocycles. The Balaban J connectivity index is 2.31. The van der Waals surface area contributed by atoms with Crippen LogP contribution in [-0.2, 0) is 0 Å². The van der Waals surface area contributed by atoms with Gasteiger partial charge in [-0.2, -0.15) is 8.78 Å². The third kappa shape index (κ3) is 2.37. The van der Waals surface area contributed by atoms with Gasteiger partial charge in [0.05, 0.1) is 16.8 Å². The molecule has 0 atom stereocenters. The summed E-state index contributed by atoms with van der Waals surface area (Å²) in [5.41, 5.74) is 3.87. The average Bonchev–Trinajstić information content (AvgIpc) is 2.76. The number of hydrogen-bond acceptors (Lipinski definition) is 5. The van der Waals surface area contributed by atoms with E-state index >= 15 is 0 Å². The highest BCUT2D eigenvalue weighted by molar-refractivity contribution is 6.23. The standard InChI is InChI=1S/C14H8F3N3O4/c15-5-1-2-8(24-14(16)17)7(3-5)20-9(21)4-6-10(11(20)18)13(23)19-12(6)22/h1-4,14H,18H2,(H,19,22,23). The number of aromatic nitrogens is 1. The summed E-state index contributed by atoms with van der Waals surface area (Å²) in [4.78, 5) is 35.6. The number of anilines is 1. The molecule has 0 unspecified atom stereocenters. The number of nitrogens with two attached hydrogens (primary N) is 1. The van der Waals surface area contributed by atoms with Crippen LogP contribution in [0.3, 0.4) is 0 Å². The second-order valence-electron chi connectivity index (χ2n) is 4.77. The number of nitrogens with one attached hydrogen (secondary N) is 1. The molecule has 124 valence electrons. The quantitative estimate of drug-likeness (QED) is 0.814. The molecule has 7 nitrogen and oxygen atoms in total. The van der Waals surface area contributed by atoms with Crippen LogP contribution in [0.25, 0.3) is 5.69 Å². The molecule has 0 saturated heterocycles. The third-order valence-corrected chi connectivity index (χ3v) is 3.33. The van der Waals surface area contributed by atoms with Crippen LogP contribution in [0.5, 0.6) is 5.75 Å². The molecular formula is C14H8F3N3O4. The lowest BCUT2D eigenvalue weighted by Crippen LogP contribution is -2.25. The summed E-state index contributed by atoms with van der Waals surface area (Å²) in [6.45, 7) is -3.23. The molecule has 0 saturated carbocycles. The zero-order valence-corrected chi connectivity index (χ0v) is 11.7. The van der Waals surface area contributed by atoms with E-state index in [4.69, 9.17) is 5.73 Å². The van der Waals surface area contributed by atoms with Crippen molar-refractivity contribution in [2.75, 3.05) is 5.73 Å². The Morgan fingerprint density at radius 1 is 1.12 bits per heavy atom. The molecule has 0 spiro atoms. The number of amides is 2. The van der Waals surface area contributed by atoms with Crippen molar-refractivity contribution < 1.29 is 27.5 Å². The van der Waals surface area contributed by atoms with Gasteiger partial charge in [-0.15, -0.1) is 0 Å². The first-order valence-electron chi connectivity index (χ1n) is 6.45. The molecule has 0 fully saturated rings. The fourth-order valence-corrected chi connectivity index (χ4v) is 2.39. The van der Waals surface area contributed by atoms with Gasteiger partial charge in [0.15, 0.2) is 0 Å². The van der Waals surface area contributed by atoms with E-state index in [1.54, 1.807) is 0 Å². The van der Waals surface area contributed by atoms with Gasteiger partial charge in [0, 0.05) is 12.1 Å². The van der Waals surface area contributed by atoms with Gasteiger partial charge in [-0.25, -0.2) is 4.39 Å². The van der Waals surface area contributed by atoms with Crippen molar-refractivity contribution >= 4 is 17.6 Å². The van der Waals surface area contributed by atoms with Gasteiger partial charge in [0.2, 0.25) is 0 Å². The Labute approximate surface area is 131 Å². The highest BCUT2D eigenvalue weighted by Gasteiger charge is 2.32. The molecule has 2 heterocycles. The van der Waals surface area contributed by atoms with Gasteiger partial charge in [-0.1, -0.05) is 0 Å². The summed E-state index contributed by atoms with van der Waals surface area (Å²) >= 11 is 0. The number of benzene rings is 1. The number of rotatable bonds is 3. The van der Waals surface area contributed by atoms with E-state index in [9.17, 15) is 27.6 Å². The molecule has 3 N–H and O–H groups in total. The van der Waals surface area contributed by atoms with Crippen LogP contribution in [0.15, 0.2) is 29.1 Å². The van der Waals surface area contributed by atoms with Gasteiger partial charge < -0.3 is 10.5 Å². The number of fused-ring (bicyclic) bond motifs is 1. The minimum absolute atomic E-state index is 0.244. The van der Waals surface area contributed by atoms with Crippen molar-refractivity contribution in [3.8, 4) is 11.4 Å². The van der Waals surface area contributed by atoms with Crippen molar-refractivity contribution in [2.24, 2.45) is 0 Å². The third-order valence-electron chi connectivity index (χ3n) is 3.33. The van der Waals surface area contributed by atoms with Gasteiger partial charge in [0.25, 0.3) is 17.4 Å². The summed E-state index contributed by atoms with van der Waals surface area (Å²) in [6.07, 6.45) is 0. The molecule has 3 rings (SSSR count). The molecule has 1 aliphatic rings. The maximum absolute atomic E-state index is 13.5. The highest BCUT2D eigenvalue weighted by atomic mass is 19.3. The number of hydrogen-bond donors (Lipinski definition) is 2.